The lowest BCUT2D eigenvalue weighted by Gasteiger charge is -2.27. The highest BCUT2D eigenvalue weighted by molar-refractivity contribution is 5.92. The van der Waals surface area contributed by atoms with Crippen LogP contribution < -0.4 is 18.9 Å². The number of ether oxygens (including phenoxy) is 4. The molecule has 3 aromatic carbocycles. The maximum Gasteiger partial charge on any atom is 0.460 e. The summed E-state index contributed by atoms with van der Waals surface area (Å²) in [5.74, 6) is -27.5. The molecule has 0 bridgehead atoms. The van der Waals surface area contributed by atoms with Gasteiger partial charge in [0.1, 0.15) is 23.0 Å². The van der Waals surface area contributed by atoms with Crippen LogP contribution in [0.3, 0.4) is 0 Å². The van der Waals surface area contributed by atoms with Gasteiger partial charge >= 0.3 is 48.0 Å². The normalized spacial score (nSPS) is 13.1. The molecule has 0 aromatic heterocycles. The highest BCUT2D eigenvalue weighted by Gasteiger charge is 2.74. The highest BCUT2D eigenvalue weighted by Crippen LogP contribution is 2.47. The monoisotopic (exact) mass is 714 g/mol. The molecular weight excluding hydrogens is 698 g/mol. The molecule has 0 N–H and O–H groups in total. The molecule has 0 radical (unpaired) electrons. The van der Waals surface area contributed by atoms with Crippen molar-refractivity contribution in [2.45, 2.75) is 36.0 Å². The van der Waals surface area contributed by atoms with Crippen LogP contribution in [0.1, 0.15) is 20.7 Å². The lowest BCUT2D eigenvalue weighted by Crippen LogP contribution is -2.54. The molecule has 20 heteroatoms. The molecule has 0 atom stereocenters. The van der Waals surface area contributed by atoms with E-state index in [0.717, 1.165) is 72.8 Å². The third-order valence-corrected chi connectivity index (χ3v) is 5.90. The third-order valence-electron chi connectivity index (χ3n) is 5.90. The third kappa shape index (κ3) is 8.38. The molecule has 0 unspecified atom stereocenters. The lowest BCUT2D eigenvalue weighted by atomic mass is 10.1. The van der Waals surface area contributed by atoms with Crippen LogP contribution in [0.25, 0.3) is 0 Å². The van der Waals surface area contributed by atoms with Crippen molar-refractivity contribution in [2.75, 3.05) is 13.2 Å². The molecule has 0 saturated carbocycles. The Kier molecular flexibility index (Phi) is 10.5. The largest absolute Gasteiger partial charge is 0.487 e. The van der Waals surface area contributed by atoms with Gasteiger partial charge < -0.3 is 18.9 Å². The summed E-state index contributed by atoms with van der Waals surface area (Å²) in [5.41, 5.74) is -0.481. The van der Waals surface area contributed by atoms with Gasteiger partial charge in [-0.2, -0.15) is 61.5 Å². The van der Waals surface area contributed by atoms with E-state index in [9.17, 15) is 71.1 Å². The van der Waals surface area contributed by atoms with Crippen molar-refractivity contribution in [3.8, 4) is 23.0 Å². The second-order valence-electron chi connectivity index (χ2n) is 9.43. The molecular formula is C28H16F14O6. The number of rotatable bonds is 12. The number of benzene rings is 3. The molecule has 262 valence electrons. The zero-order valence-corrected chi connectivity index (χ0v) is 23.1. The predicted molar refractivity (Wildman–Crippen MR) is 132 cm³/mol. The van der Waals surface area contributed by atoms with Gasteiger partial charge in [0.15, 0.2) is 13.2 Å². The van der Waals surface area contributed by atoms with Gasteiger partial charge in [0.2, 0.25) is 0 Å². The second kappa shape index (κ2) is 13.4. The molecule has 6 nitrogen and oxygen atoms in total. The van der Waals surface area contributed by atoms with Crippen molar-refractivity contribution < 1.29 is 90.0 Å². The zero-order valence-electron chi connectivity index (χ0n) is 23.1. The maximum absolute atomic E-state index is 13.4. The first-order chi connectivity index (χ1) is 21.9. The van der Waals surface area contributed by atoms with E-state index in [2.05, 4.69) is 9.47 Å². The van der Waals surface area contributed by atoms with E-state index in [0.29, 0.717) is 0 Å². The SMILES string of the molecule is O=C(Oc1ccc(OC(=O)c2ccc(OCC(F)(F)C(F)(F)C(F)(F)F)cc2)cc1)c1ccc(OCC(F)(F)C(F)(F)C(F)(F)F)cc1. The van der Waals surface area contributed by atoms with Crippen LogP contribution in [0.5, 0.6) is 23.0 Å². The Bertz CT molecular complexity index is 1450. The van der Waals surface area contributed by atoms with Crippen molar-refractivity contribution >= 4 is 11.9 Å². The van der Waals surface area contributed by atoms with Gasteiger partial charge in [-0.25, -0.2) is 9.59 Å². The zero-order chi connectivity index (χ0) is 36.3. The molecule has 0 aliphatic carbocycles. The summed E-state index contributed by atoms with van der Waals surface area (Å²) in [6, 6.07) is 11.5. The van der Waals surface area contributed by atoms with Crippen molar-refractivity contribution in [3.63, 3.8) is 0 Å². The van der Waals surface area contributed by atoms with Crippen LogP contribution in [0.2, 0.25) is 0 Å². The molecule has 3 aromatic rings. The summed E-state index contributed by atoms with van der Waals surface area (Å²) < 4.78 is 197. The van der Waals surface area contributed by atoms with Crippen molar-refractivity contribution in [3.05, 3.63) is 83.9 Å². The minimum Gasteiger partial charge on any atom is -0.487 e. The number of carbonyl (C=O) groups excluding carboxylic acids is 2. The minimum atomic E-state index is -6.54. The molecule has 48 heavy (non-hydrogen) atoms. The van der Waals surface area contributed by atoms with E-state index < -0.39 is 72.7 Å². The average molecular weight is 714 g/mol. The fourth-order valence-corrected chi connectivity index (χ4v) is 3.23. The summed E-state index contributed by atoms with van der Waals surface area (Å²) in [6.07, 6.45) is -13.1. The van der Waals surface area contributed by atoms with Crippen LogP contribution >= 0.6 is 0 Å². The fourth-order valence-electron chi connectivity index (χ4n) is 3.23. The van der Waals surface area contributed by atoms with Crippen LogP contribution in [0.15, 0.2) is 72.8 Å². The number of esters is 2. The van der Waals surface area contributed by atoms with Crippen LogP contribution in [0, 0.1) is 0 Å². The summed E-state index contributed by atoms with van der Waals surface area (Å²) >= 11 is 0. The quantitative estimate of drug-likeness (QED) is 0.106. The fraction of sp³-hybridized carbons (Fsp3) is 0.286. The number of halogens is 14. The summed E-state index contributed by atoms with van der Waals surface area (Å²) in [7, 11) is 0. The Morgan fingerprint density at radius 3 is 0.917 bits per heavy atom. The topological polar surface area (TPSA) is 71.1 Å². The Labute approximate surface area is 258 Å². The molecule has 0 amide bonds. The Balaban J connectivity index is 1.53. The minimum absolute atomic E-state index is 0.136. The Hall–Kier alpha value is -4.78. The van der Waals surface area contributed by atoms with E-state index >= 15 is 0 Å². The first-order valence-electron chi connectivity index (χ1n) is 12.5. The van der Waals surface area contributed by atoms with Gasteiger partial charge in [-0.05, 0) is 72.8 Å². The van der Waals surface area contributed by atoms with Crippen molar-refractivity contribution in [1.29, 1.82) is 0 Å². The van der Waals surface area contributed by atoms with Gasteiger partial charge in [0, 0.05) is 0 Å². The molecule has 0 saturated heterocycles. The lowest BCUT2D eigenvalue weighted by molar-refractivity contribution is -0.358. The van der Waals surface area contributed by atoms with Crippen LogP contribution in [-0.4, -0.2) is 61.2 Å². The van der Waals surface area contributed by atoms with Gasteiger partial charge in [0.25, 0.3) is 0 Å². The first kappa shape index (κ1) is 37.7. The standard InChI is InChI=1S/C28H16F14O6/c29-23(30,25(33,34)27(37,38)39)13-45-17-5-1-15(2-6-17)21(43)47-19-9-11-20(12-10-19)48-22(44)16-3-7-18(8-4-16)46-14-24(31,32)26(35,36)28(40,41)42/h1-12H,13-14H2. The van der Waals surface area contributed by atoms with Gasteiger partial charge in [-0.3, -0.25) is 0 Å². The molecule has 0 aliphatic heterocycles. The predicted octanol–water partition coefficient (Wildman–Crippen LogP) is 8.55. The van der Waals surface area contributed by atoms with Crippen molar-refractivity contribution in [1.82, 2.24) is 0 Å². The van der Waals surface area contributed by atoms with E-state index in [1.54, 1.807) is 0 Å². The van der Waals surface area contributed by atoms with E-state index in [1.807, 2.05) is 0 Å². The number of alkyl halides is 14. The van der Waals surface area contributed by atoms with Gasteiger partial charge in [-0.1, -0.05) is 0 Å². The van der Waals surface area contributed by atoms with E-state index in [4.69, 9.17) is 9.47 Å². The molecule has 0 fully saturated rings. The smallest absolute Gasteiger partial charge is 0.460 e. The van der Waals surface area contributed by atoms with Gasteiger partial charge in [-0.15, -0.1) is 0 Å². The first-order valence-corrected chi connectivity index (χ1v) is 12.5. The summed E-state index contributed by atoms with van der Waals surface area (Å²) in [6.45, 7) is -4.67. The average Bonchev–Trinajstić information content (AvgIpc) is 2.99. The molecule has 0 heterocycles. The van der Waals surface area contributed by atoms with Gasteiger partial charge in [0.05, 0.1) is 11.1 Å². The van der Waals surface area contributed by atoms with Crippen LogP contribution in [0.4, 0.5) is 61.5 Å². The summed E-state index contributed by atoms with van der Waals surface area (Å²) in [4.78, 5) is 24.6. The molecule has 0 aliphatic rings. The summed E-state index contributed by atoms with van der Waals surface area (Å²) in [5, 5.41) is 0. The van der Waals surface area contributed by atoms with Crippen LogP contribution in [-0.2, 0) is 0 Å². The molecule has 0 spiro atoms. The number of hydrogen-bond acceptors (Lipinski definition) is 6. The van der Waals surface area contributed by atoms with E-state index in [1.165, 1.54) is 0 Å². The van der Waals surface area contributed by atoms with E-state index in [-0.39, 0.29) is 22.6 Å². The molecule has 3 rings (SSSR count). The van der Waals surface area contributed by atoms with Crippen molar-refractivity contribution in [2.24, 2.45) is 0 Å². The Morgan fingerprint density at radius 2 is 0.667 bits per heavy atom. The highest BCUT2D eigenvalue weighted by atomic mass is 19.4. The number of carbonyl (C=O) groups is 2. The Morgan fingerprint density at radius 1 is 0.417 bits per heavy atom. The number of hydrogen-bond donors (Lipinski definition) is 0. The second-order valence-corrected chi connectivity index (χ2v) is 9.43. The maximum atomic E-state index is 13.4.